The Labute approximate surface area is 145 Å². The summed E-state index contributed by atoms with van der Waals surface area (Å²) < 4.78 is 23.1. The third-order valence-electron chi connectivity index (χ3n) is 3.77. The fourth-order valence-corrected chi connectivity index (χ4v) is 3.37. The topological polar surface area (TPSA) is 203 Å². The Balaban J connectivity index is 1.76. The number of carboxylic acid groups (broad SMARTS) is 1. The highest BCUT2D eigenvalue weighted by atomic mass is 31.2. The average molecular weight is 389 g/mol. The number of aliphatic hydroxyl groups excluding tert-OH is 2. The average Bonchev–Trinajstić information content (AvgIpc) is 3.08. The Kier molecular flexibility index (Phi) is 4.92. The summed E-state index contributed by atoms with van der Waals surface area (Å²) in [5, 5.41) is 28.9. The molecule has 0 saturated carbocycles. The fourth-order valence-electron chi connectivity index (χ4n) is 2.56. The van der Waals surface area contributed by atoms with Gasteiger partial charge in [0.2, 0.25) is 0 Å². The molecule has 6 N–H and O–H groups in total. The minimum absolute atomic E-state index is 0.122. The summed E-state index contributed by atoms with van der Waals surface area (Å²) in [5.41, 5.74) is 6.22. The van der Waals surface area contributed by atoms with Gasteiger partial charge in [0.15, 0.2) is 17.7 Å². The van der Waals surface area contributed by atoms with Gasteiger partial charge < -0.3 is 35.2 Å². The summed E-state index contributed by atoms with van der Waals surface area (Å²) in [7, 11) is -4.40. The summed E-state index contributed by atoms with van der Waals surface area (Å²) in [6, 6.07) is 0. The number of imidazole rings is 1. The molecular formula is C12H16N5O8P. The summed E-state index contributed by atoms with van der Waals surface area (Å²) in [5.74, 6) is -1.39. The van der Waals surface area contributed by atoms with Crippen LogP contribution in [0.4, 0.5) is 5.82 Å². The van der Waals surface area contributed by atoms with Gasteiger partial charge in [-0.2, -0.15) is 0 Å². The Hall–Kier alpha value is -2.15. The van der Waals surface area contributed by atoms with Gasteiger partial charge in [0, 0.05) is 0 Å². The SMILES string of the molecule is Nc1ncnc2c1ncn2C1OC(COP(=O)(O)CC(=O)O)C(O)C1O. The standard InChI is InChI=1S/C12H16N5O8P/c13-10-7-11(15-3-14-10)17(4-16-7)12-9(21)8(20)5(25-12)1-24-26(22,23)2-6(18)19/h3-5,8-9,12,20-21H,1-2H2,(H,18,19)(H,22,23)(H2,13,14,15). The summed E-state index contributed by atoms with van der Waals surface area (Å²) in [6.45, 7) is -0.598. The zero-order chi connectivity index (χ0) is 19.1. The third kappa shape index (κ3) is 3.53. The van der Waals surface area contributed by atoms with Crippen LogP contribution in [0.5, 0.6) is 0 Å². The molecule has 5 unspecified atom stereocenters. The van der Waals surface area contributed by atoms with Crippen molar-refractivity contribution in [2.75, 3.05) is 18.5 Å². The van der Waals surface area contributed by atoms with Gasteiger partial charge in [-0.05, 0) is 0 Å². The lowest BCUT2D eigenvalue weighted by atomic mass is 10.1. The van der Waals surface area contributed by atoms with Crippen molar-refractivity contribution in [3.63, 3.8) is 0 Å². The smallest absolute Gasteiger partial charge is 0.339 e. The van der Waals surface area contributed by atoms with Crippen LogP contribution in [0.1, 0.15) is 6.23 Å². The number of nitrogens with two attached hydrogens (primary N) is 1. The van der Waals surface area contributed by atoms with Gasteiger partial charge in [-0.25, -0.2) is 15.0 Å². The van der Waals surface area contributed by atoms with Crippen LogP contribution in [0.25, 0.3) is 11.2 Å². The van der Waals surface area contributed by atoms with E-state index in [0.717, 1.165) is 0 Å². The Bertz CT molecular complexity index is 874. The van der Waals surface area contributed by atoms with E-state index >= 15 is 0 Å². The lowest BCUT2D eigenvalue weighted by Gasteiger charge is -2.17. The van der Waals surface area contributed by atoms with Gasteiger partial charge >= 0.3 is 13.6 Å². The maximum Gasteiger partial charge on any atom is 0.339 e. The van der Waals surface area contributed by atoms with Crippen molar-refractivity contribution in [3.8, 4) is 0 Å². The summed E-state index contributed by atoms with van der Waals surface area (Å²) in [4.78, 5) is 31.8. The zero-order valence-electron chi connectivity index (χ0n) is 13.1. The van der Waals surface area contributed by atoms with Crippen molar-refractivity contribution in [2.24, 2.45) is 0 Å². The number of carbonyl (C=O) groups is 1. The van der Waals surface area contributed by atoms with Crippen LogP contribution < -0.4 is 5.73 Å². The van der Waals surface area contributed by atoms with Gasteiger partial charge in [0.05, 0.1) is 12.9 Å². The first-order chi connectivity index (χ1) is 12.2. The second-order valence-corrected chi connectivity index (χ2v) is 7.46. The monoisotopic (exact) mass is 389 g/mol. The number of hydrogen-bond acceptors (Lipinski definition) is 10. The first-order valence-corrected chi connectivity index (χ1v) is 9.08. The molecule has 14 heteroatoms. The molecule has 142 valence electrons. The highest BCUT2D eigenvalue weighted by Crippen LogP contribution is 2.43. The van der Waals surface area contributed by atoms with Crippen LogP contribution in [0.15, 0.2) is 12.7 Å². The second kappa shape index (κ2) is 6.87. The third-order valence-corrected chi connectivity index (χ3v) is 5.00. The Morgan fingerprint density at radius 3 is 2.77 bits per heavy atom. The molecule has 2 aromatic heterocycles. The number of carboxylic acids is 1. The maximum absolute atomic E-state index is 11.6. The number of rotatable bonds is 6. The van der Waals surface area contributed by atoms with E-state index in [9.17, 15) is 24.5 Å². The molecule has 0 bridgehead atoms. The maximum atomic E-state index is 11.6. The van der Waals surface area contributed by atoms with Crippen LogP contribution in [-0.4, -0.2) is 76.8 Å². The molecule has 5 atom stereocenters. The van der Waals surface area contributed by atoms with Crippen LogP contribution in [0.2, 0.25) is 0 Å². The second-order valence-electron chi connectivity index (χ2n) is 5.61. The van der Waals surface area contributed by atoms with E-state index < -0.39 is 50.9 Å². The van der Waals surface area contributed by atoms with Crippen molar-refractivity contribution in [3.05, 3.63) is 12.7 Å². The zero-order valence-corrected chi connectivity index (χ0v) is 14.0. The molecule has 3 heterocycles. The van der Waals surface area contributed by atoms with E-state index in [2.05, 4.69) is 19.5 Å². The minimum atomic E-state index is -4.40. The van der Waals surface area contributed by atoms with Crippen molar-refractivity contribution in [1.82, 2.24) is 19.5 Å². The van der Waals surface area contributed by atoms with E-state index in [-0.39, 0.29) is 17.0 Å². The fraction of sp³-hybridized carbons (Fsp3) is 0.500. The van der Waals surface area contributed by atoms with Crippen molar-refractivity contribution in [2.45, 2.75) is 24.5 Å². The van der Waals surface area contributed by atoms with Gasteiger partial charge in [-0.15, -0.1) is 0 Å². The molecule has 1 saturated heterocycles. The minimum Gasteiger partial charge on any atom is -0.481 e. The number of fused-ring (bicyclic) bond motifs is 1. The van der Waals surface area contributed by atoms with E-state index in [1.54, 1.807) is 0 Å². The molecule has 0 amide bonds. The van der Waals surface area contributed by atoms with Gasteiger partial charge in [0.1, 0.15) is 36.3 Å². The van der Waals surface area contributed by atoms with E-state index in [4.69, 9.17) is 15.6 Å². The van der Waals surface area contributed by atoms with Crippen LogP contribution >= 0.6 is 7.60 Å². The largest absolute Gasteiger partial charge is 0.481 e. The quantitative estimate of drug-likeness (QED) is 0.351. The summed E-state index contributed by atoms with van der Waals surface area (Å²) in [6.07, 6.45) is -3.78. The van der Waals surface area contributed by atoms with E-state index in [0.29, 0.717) is 0 Å². The van der Waals surface area contributed by atoms with E-state index in [1.807, 2.05) is 0 Å². The van der Waals surface area contributed by atoms with Crippen LogP contribution in [0.3, 0.4) is 0 Å². The van der Waals surface area contributed by atoms with Gasteiger partial charge in [-0.1, -0.05) is 0 Å². The number of anilines is 1. The van der Waals surface area contributed by atoms with Crippen LogP contribution in [0, 0.1) is 0 Å². The molecule has 0 aliphatic carbocycles. The number of hydrogen-bond donors (Lipinski definition) is 5. The number of ether oxygens (including phenoxy) is 1. The Morgan fingerprint density at radius 1 is 1.35 bits per heavy atom. The molecule has 13 nitrogen and oxygen atoms in total. The highest BCUT2D eigenvalue weighted by Gasteiger charge is 2.45. The number of aliphatic hydroxyl groups is 2. The van der Waals surface area contributed by atoms with Gasteiger partial charge in [0.25, 0.3) is 0 Å². The molecule has 0 radical (unpaired) electrons. The first kappa shape index (κ1) is 18.6. The number of aromatic nitrogens is 4. The normalized spacial score (nSPS) is 28.3. The van der Waals surface area contributed by atoms with E-state index in [1.165, 1.54) is 17.2 Å². The van der Waals surface area contributed by atoms with Gasteiger partial charge in [-0.3, -0.25) is 13.9 Å². The number of nitrogens with zero attached hydrogens (tertiary/aromatic N) is 4. The van der Waals surface area contributed by atoms with Crippen molar-refractivity contribution in [1.29, 1.82) is 0 Å². The molecule has 2 aromatic rings. The lowest BCUT2D eigenvalue weighted by Crippen LogP contribution is -2.33. The Morgan fingerprint density at radius 2 is 2.08 bits per heavy atom. The van der Waals surface area contributed by atoms with Crippen molar-refractivity contribution >= 4 is 30.5 Å². The molecule has 1 aliphatic heterocycles. The molecule has 26 heavy (non-hydrogen) atoms. The molecule has 1 aliphatic rings. The lowest BCUT2D eigenvalue weighted by molar-refractivity contribution is -0.134. The van der Waals surface area contributed by atoms with Crippen LogP contribution in [-0.2, 0) is 18.6 Å². The highest BCUT2D eigenvalue weighted by molar-refractivity contribution is 7.53. The molecule has 0 spiro atoms. The number of aliphatic carboxylic acids is 1. The molecule has 3 rings (SSSR count). The number of nitrogen functional groups attached to an aromatic ring is 1. The van der Waals surface area contributed by atoms with Crippen molar-refractivity contribution < 1.29 is 38.8 Å². The molecule has 1 fully saturated rings. The molecule has 0 aromatic carbocycles. The molecular weight excluding hydrogens is 373 g/mol. The predicted molar refractivity (Wildman–Crippen MR) is 83.9 cm³/mol. The summed E-state index contributed by atoms with van der Waals surface area (Å²) >= 11 is 0. The predicted octanol–water partition coefficient (Wildman–Crippen LogP) is -1.69. The first-order valence-electron chi connectivity index (χ1n) is 7.32.